The third-order valence-corrected chi connectivity index (χ3v) is 1.54. The average Bonchev–Trinajstić information content (AvgIpc) is 1.77. The Labute approximate surface area is 83.3 Å². The van der Waals surface area contributed by atoms with E-state index >= 15 is 0 Å². The molecule has 0 aromatic rings. The summed E-state index contributed by atoms with van der Waals surface area (Å²) in [6.07, 6.45) is -0.113. The Bertz CT molecular complexity index is 206. The molecule has 0 aliphatic carbocycles. The maximum atomic E-state index is 10.6. The van der Waals surface area contributed by atoms with Gasteiger partial charge in [-0.05, 0) is 0 Å². The molecule has 82 valence electrons. The van der Waals surface area contributed by atoms with Crippen LogP contribution in [0.25, 0.3) is 0 Å². The van der Waals surface area contributed by atoms with Crippen molar-refractivity contribution < 1.29 is 19.2 Å². The highest BCUT2D eigenvalue weighted by Crippen LogP contribution is 1.99. The van der Waals surface area contributed by atoms with Crippen LogP contribution in [-0.4, -0.2) is 55.3 Å². The number of hydrogen-bond acceptors (Lipinski definition) is 2. The Balaban J connectivity index is 4.24. The van der Waals surface area contributed by atoms with E-state index in [1.54, 1.807) is 0 Å². The molecule has 0 aliphatic heterocycles. The minimum atomic E-state index is -0.947. The smallest absolute Gasteiger partial charge is 0.312 e. The van der Waals surface area contributed by atoms with Crippen molar-refractivity contribution in [1.29, 1.82) is 0 Å². The third kappa shape index (κ3) is 7.35. The number of urea groups is 1. The van der Waals surface area contributed by atoms with Gasteiger partial charge in [-0.25, -0.2) is 4.79 Å². The van der Waals surface area contributed by atoms with Crippen LogP contribution in [0.1, 0.15) is 6.42 Å². The number of hydrogen-bond donors (Lipinski definition) is 3. The van der Waals surface area contributed by atoms with Crippen LogP contribution in [0.15, 0.2) is 0 Å². The predicted molar refractivity (Wildman–Crippen MR) is 51.7 cm³/mol. The molecule has 6 heteroatoms. The molecule has 0 unspecified atom stereocenters. The average molecular weight is 204 g/mol. The first-order valence-electron chi connectivity index (χ1n) is 4.29. The largest absolute Gasteiger partial charge is 0.481 e. The number of nitrogens with one attached hydrogen (secondary N) is 1. The Kier molecular flexibility index (Phi) is 4.36. The molecule has 0 aromatic heterocycles. The van der Waals surface area contributed by atoms with Crippen molar-refractivity contribution in [3.8, 4) is 0 Å². The zero-order valence-corrected chi connectivity index (χ0v) is 8.78. The van der Waals surface area contributed by atoms with Gasteiger partial charge in [-0.1, -0.05) is 0 Å². The van der Waals surface area contributed by atoms with E-state index in [4.69, 9.17) is 10.8 Å². The molecular formula is C8H18N3O3+. The Morgan fingerprint density at radius 3 is 2.21 bits per heavy atom. The lowest BCUT2D eigenvalue weighted by Gasteiger charge is -2.28. The molecule has 0 saturated heterocycles. The number of likely N-dealkylation sites (N-methyl/N-ethyl adjacent to an activating group) is 1. The SMILES string of the molecule is C[N+](C)(C)C[C@H](CC(=O)O)NC(N)=O. The van der Waals surface area contributed by atoms with E-state index in [2.05, 4.69) is 5.32 Å². The van der Waals surface area contributed by atoms with Crippen molar-refractivity contribution in [3.05, 3.63) is 0 Å². The van der Waals surface area contributed by atoms with Crippen molar-refractivity contribution in [1.82, 2.24) is 5.32 Å². The molecule has 0 aliphatic rings. The molecular weight excluding hydrogens is 186 g/mol. The van der Waals surface area contributed by atoms with Crippen molar-refractivity contribution in [2.45, 2.75) is 12.5 Å². The number of rotatable bonds is 5. The van der Waals surface area contributed by atoms with E-state index < -0.39 is 18.0 Å². The molecule has 0 fully saturated rings. The van der Waals surface area contributed by atoms with Gasteiger partial charge >= 0.3 is 12.0 Å². The van der Waals surface area contributed by atoms with Gasteiger partial charge in [0.05, 0.1) is 40.2 Å². The number of carbonyl (C=O) groups excluding carboxylic acids is 1. The van der Waals surface area contributed by atoms with Gasteiger partial charge in [-0.2, -0.15) is 0 Å². The lowest BCUT2D eigenvalue weighted by Crippen LogP contribution is -2.50. The van der Waals surface area contributed by atoms with Gasteiger partial charge in [-0.3, -0.25) is 4.79 Å². The Morgan fingerprint density at radius 2 is 1.93 bits per heavy atom. The Hall–Kier alpha value is -1.30. The molecule has 4 N–H and O–H groups in total. The second-order valence-corrected chi connectivity index (χ2v) is 4.28. The summed E-state index contributed by atoms with van der Waals surface area (Å²) < 4.78 is 0.568. The number of quaternary nitrogens is 1. The van der Waals surface area contributed by atoms with Gasteiger partial charge in [0.1, 0.15) is 0 Å². The van der Waals surface area contributed by atoms with Crippen LogP contribution in [0, 0.1) is 0 Å². The maximum absolute atomic E-state index is 10.6. The fourth-order valence-electron chi connectivity index (χ4n) is 1.23. The number of nitrogens with two attached hydrogens (primary N) is 1. The van der Waals surface area contributed by atoms with E-state index in [1.807, 2.05) is 21.1 Å². The van der Waals surface area contributed by atoms with Gasteiger partial charge < -0.3 is 20.6 Å². The first-order valence-corrected chi connectivity index (χ1v) is 4.29. The summed E-state index contributed by atoms with van der Waals surface area (Å²) >= 11 is 0. The lowest BCUT2D eigenvalue weighted by molar-refractivity contribution is -0.871. The van der Waals surface area contributed by atoms with E-state index in [9.17, 15) is 9.59 Å². The number of carboxylic acid groups (broad SMARTS) is 1. The van der Waals surface area contributed by atoms with E-state index in [1.165, 1.54) is 0 Å². The van der Waals surface area contributed by atoms with Crippen molar-refractivity contribution >= 4 is 12.0 Å². The van der Waals surface area contributed by atoms with Crippen molar-refractivity contribution in [2.75, 3.05) is 27.7 Å². The lowest BCUT2D eigenvalue weighted by atomic mass is 10.2. The van der Waals surface area contributed by atoms with Crippen LogP contribution < -0.4 is 11.1 Å². The van der Waals surface area contributed by atoms with Crippen LogP contribution >= 0.6 is 0 Å². The van der Waals surface area contributed by atoms with Crippen LogP contribution in [-0.2, 0) is 4.79 Å². The predicted octanol–water partition coefficient (Wildman–Crippen LogP) is -0.796. The van der Waals surface area contributed by atoms with Crippen LogP contribution in [0.2, 0.25) is 0 Å². The minimum absolute atomic E-state index is 0.113. The number of carboxylic acids is 1. The summed E-state index contributed by atoms with van der Waals surface area (Å²) in [5.74, 6) is -0.947. The number of nitrogens with zero attached hydrogens (tertiary/aromatic N) is 1. The summed E-state index contributed by atoms with van der Waals surface area (Å²) in [6.45, 7) is 0.523. The molecule has 2 amide bonds. The second kappa shape index (κ2) is 4.80. The molecule has 0 radical (unpaired) electrons. The van der Waals surface area contributed by atoms with Gasteiger partial charge in [0.2, 0.25) is 0 Å². The van der Waals surface area contributed by atoms with Crippen LogP contribution in [0.4, 0.5) is 4.79 Å². The van der Waals surface area contributed by atoms with Gasteiger partial charge in [0.25, 0.3) is 0 Å². The highest BCUT2D eigenvalue weighted by atomic mass is 16.4. The van der Waals surface area contributed by atoms with Crippen molar-refractivity contribution in [2.24, 2.45) is 5.73 Å². The van der Waals surface area contributed by atoms with Crippen LogP contribution in [0.5, 0.6) is 0 Å². The van der Waals surface area contributed by atoms with Crippen LogP contribution in [0.3, 0.4) is 0 Å². The normalized spacial score (nSPS) is 13.4. The number of amides is 2. The highest BCUT2D eigenvalue weighted by molar-refractivity contribution is 5.74. The second-order valence-electron chi connectivity index (χ2n) is 4.28. The summed E-state index contributed by atoms with van der Waals surface area (Å²) in [4.78, 5) is 21.1. The zero-order valence-electron chi connectivity index (χ0n) is 8.78. The molecule has 0 heterocycles. The first-order chi connectivity index (χ1) is 6.20. The maximum Gasteiger partial charge on any atom is 0.312 e. The zero-order chi connectivity index (χ0) is 11.4. The number of primary amides is 1. The van der Waals surface area contributed by atoms with Gasteiger partial charge in [-0.15, -0.1) is 0 Å². The summed E-state index contributed by atoms with van der Waals surface area (Å²) in [5, 5.41) is 11.0. The third-order valence-electron chi connectivity index (χ3n) is 1.54. The molecule has 0 spiro atoms. The van der Waals surface area contributed by atoms with E-state index in [0.717, 1.165) is 0 Å². The van der Waals surface area contributed by atoms with Gasteiger partial charge in [0.15, 0.2) is 0 Å². The molecule has 14 heavy (non-hydrogen) atoms. The van der Waals surface area contributed by atoms with Gasteiger partial charge in [0, 0.05) is 0 Å². The van der Waals surface area contributed by atoms with Crippen molar-refractivity contribution in [3.63, 3.8) is 0 Å². The summed E-state index contributed by atoms with van der Waals surface area (Å²) in [6, 6.07) is -1.12. The summed E-state index contributed by atoms with van der Waals surface area (Å²) in [5.41, 5.74) is 4.94. The topological polar surface area (TPSA) is 92.4 Å². The molecule has 1 atom stereocenters. The highest BCUT2D eigenvalue weighted by Gasteiger charge is 2.21. The fraction of sp³-hybridized carbons (Fsp3) is 0.750. The Morgan fingerprint density at radius 1 is 1.43 bits per heavy atom. The number of aliphatic carboxylic acids is 1. The molecule has 0 rings (SSSR count). The van der Waals surface area contributed by atoms with E-state index in [-0.39, 0.29) is 6.42 Å². The molecule has 0 aromatic carbocycles. The monoisotopic (exact) mass is 204 g/mol. The molecule has 0 saturated carbocycles. The summed E-state index contributed by atoms with van der Waals surface area (Å²) in [7, 11) is 5.74. The standard InChI is InChI=1S/C8H17N3O3/c1-11(2,3)5-6(4-7(12)13)10-8(9)14/h6H,4-5H2,1-3H3,(H3-,9,10,12,13,14)/p+1/t6-/m0/s1. The quantitative estimate of drug-likeness (QED) is 0.512. The van der Waals surface area contributed by atoms with E-state index in [0.29, 0.717) is 11.0 Å². The molecule has 6 nitrogen and oxygen atoms in total. The number of carbonyl (C=O) groups is 2. The minimum Gasteiger partial charge on any atom is -0.481 e. The molecule has 0 bridgehead atoms. The first kappa shape index (κ1) is 12.7. The fourth-order valence-corrected chi connectivity index (χ4v) is 1.23.